The number of carbonyl (C=O) groups is 1. The molecular formula is C13H25N3O2. The van der Waals surface area contributed by atoms with E-state index in [1.54, 1.807) is 0 Å². The highest BCUT2D eigenvalue weighted by Gasteiger charge is 2.32. The van der Waals surface area contributed by atoms with Crippen LogP contribution < -0.4 is 10.6 Å². The summed E-state index contributed by atoms with van der Waals surface area (Å²) in [5, 5.41) is 6.04. The van der Waals surface area contributed by atoms with Crippen molar-refractivity contribution in [3.63, 3.8) is 0 Å². The SMILES string of the molecule is CC(C)NCC(=O)NCC1CN2CCCC2CO1. The Morgan fingerprint density at radius 1 is 1.50 bits per heavy atom. The van der Waals surface area contributed by atoms with E-state index in [0.29, 0.717) is 25.2 Å². The molecule has 2 aliphatic rings. The van der Waals surface area contributed by atoms with Gasteiger partial charge in [-0.2, -0.15) is 0 Å². The predicted molar refractivity (Wildman–Crippen MR) is 70.5 cm³/mol. The van der Waals surface area contributed by atoms with E-state index in [-0.39, 0.29) is 12.0 Å². The van der Waals surface area contributed by atoms with Gasteiger partial charge in [0, 0.05) is 25.2 Å². The van der Waals surface area contributed by atoms with Crippen LogP contribution in [-0.2, 0) is 9.53 Å². The lowest BCUT2D eigenvalue weighted by molar-refractivity contribution is -0.121. The average Bonchev–Trinajstić information content (AvgIpc) is 2.81. The highest BCUT2D eigenvalue weighted by Crippen LogP contribution is 2.22. The Morgan fingerprint density at radius 2 is 2.33 bits per heavy atom. The van der Waals surface area contributed by atoms with Crippen LogP contribution in [0.15, 0.2) is 0 Å². The third-order valence-electron chi connectivity index (χ3n) is 3.66. The molecule has 2 fully saturated rings. The summed E-state index contributed by atoms with van der Waals surface area (Å²) in [6.07, 6.45) is 2.70. The van der Waals surface area contributed by atoms with Crippen molar-refractivity contribution in [2.45, 2.75) is 44.9 Å². The normalized spacial score (nSPS) is 28.4. The van der Waals surface area contributed by atoms with Gasteiger partial charge in [-0.05, 0) is 19.4 Å². The molecule has 104 valence electrons. The number of amides is 1. The first-order valence-electron chi connectivity index (χ1n) is 7.01. The predicted octanol–water partition coefficient (Wildman–Crippen LogP) is -0.0362. The van der Waals surface area contributed by atoms with Crippen LogP contribution in [0, 0.1) is 0 Å². The summed E-state index contributed by atoms with van der Waals surface area (Å²) in [6, 6.07) is 0.964. The zero-order chi connectivity index (χ0) is 13.0. The van der Waals surface area contributed by atoms with E-state index in [1.807, 2.05) is 13.8 Å². The summed E-state index contributed by atoms with van der Waals surface area (Å²) in [6.45, 7) is 8.05. The average molecular weight is 255 g/mol. The minimum atomic E-state index is 0.0517. The fraction of sp³-hybridized carbons (Fsp3) is 0.923. The fourth-order valence-corrected chi connectivity index (χ4v) is 2.60. The molecule has 0 saturated carbocycles. The van der Waals surface area contributed by atoms with Crippen molar-refractivity contribution in [3.8, 4) is 0 Å². The van der Waals surface area contributed by atoms with Crippen LogP contribution in [0.4, 0.5) is 0 Å². The number of hydrogen-bond donors (Lipinski definition) is 2. The number of nitrogens with one attached hydrogen (secondary N) is 2. The van der Waals surface area contributed by atoms with E-state index < -0.39 is 0 Å². The van der Waals surface area contributed by atoms with Crippen LogP contribution in [0.1, 0.15) is 26.7 Å². The van der Waals surface area contributed by atoms with Crippen molar-refractivity contribution < 1.29 is 9.53 Å². The van der Waals surface area contributed by atoms with Gasteiger partial charge in [0.15, 0.2) is 0 Å². The van der Waals surface area contributed by atoms with Gasteiger partial charge in [0.2, 0.25) is 5.91 Å². The van der Waals surface area contributed by atoms with E-state index in [9.17, 15) is 4.79 Å². The molecule has 1 amide bonds. The first-order valence-corrected chi connectivity index (χ1v) is 7.01. The Balaban J connectivity index is 1.63. The number of hydrogen-bond acceptors (Lipinski definition) is 4. The molecular weight excluding hydrogens is 230 g/mol. The van der Waals surface area contributed by atoms with Gasteiger partial charge < -0.3 is 15.4 Å². The maximum Gasteiger partial charge on any atom is 0.234 e. The third kappa shape index (κ3) is 3.93. The molecule has 2 unspecified atom stereocenters. The van der Waals surface area contributed by atoms with Gasteiger partial charge >= 0.3 is 0 Å². The Hall–Kier alpha value is -0.650. The van der Waals surface area contributed by atoms with Gasteiger partial charge in [-0.1, -0.05) is 13.8 Å². The monoisotopic (exact) mass is 255 g/mol. The van der Waals surface area contributed by atoms with Gasteiger partial charge in [-0.3, -0.25) is 9.69 Å². The largest absolute Gasteiger partial charge is 0.373 e. The summed E-state index contributed by atoms with van der Waals surface area (Å²) in [5.41, 5.74) is 0. The number of fused-ring (bicyclic) bond motifs is 1. The van der Waals surface area contributed by atoms with E-state index in [2.05, 4.69) is 15.5 Å². The van der Waals surface area contributed by atoms with Crippen LogP contribution in [-0.4, -0.2) is 61.8 Å². The van der Waals surface area contributed by atoms with Gasteiger partial charge in [0.05, 0.1) is 19.3 Å². The summed E-state index contributed by atoms with van der Waals surface area (Å²) in [4.78, 5) is 14.1. The summed E-state index contributed by atoms with van der Waals surface area (Å²) >= 11 is 0. The smallest absolute Gasteiger partial charge is 0.234 e. The fourth-order valence-electron chi connectivity index (χ4n) is 2.60. The summed E-state index contributed by atoms with van der Waals surface area (Å²) in [7, 11) is 0. The third-order valence-corrected chi connectivity index (χ3v) is 3.66. The Labute approximate surface area is 109 Å². The van der Waals surface area contributed by atoms with Crippen molar-refractivity contribution in [2.24, 2.45) is 0 Å². The van der Waals surface area contributed by atoms with Crippen LogP contribution in [0.3, 0.4) is 0 Å². The van der Waals surface area contributed by atoms with E-state index in [4.69, 9.17) is 4.74 Å². The van der Waals surface area contributed by atoms with Gasteiger partial charge in [0.1, 0.15) is 0 Å². The van der Waals surface area contributed by atoms with E-state index in [0.717, 1.165) is 13.2 Å². The van der Waals surface area contributed by atoms with Crippen LogP contribution in [0.2, 0.25) is 0 Å². The number of carbonyl (C=O) groups excluding carboxylic acids is 1. The van der Waals surface area contributed by atoms with E-state index >= 15 is 0 Å². The maximum atomic E-state index is 11.6. The topological polar surface area (TPSA) is 53.6 Å². The Kier molecular flexibility index (Phi) is 4.97. The lowest BCUT2D eigenvalue weighted by Gasteiger charge is -2.35. The molecule has 5 heteroatoms. The van der Waals surface area contributed by atoms with Gasteiger partial charge in [-0.25, -0.2) is 0 Å². The van der Waals surface area contributed by atoms with Crippen molar-refractivity contribution in [1.29, 1.82) is 0 Å². The number of rotatable bonds is 5. The molecule has 0 aromatic carbocycles. The minimum Gasteiger partial charge on any atom is -0.373 e. The van der Waals surface area contributed by atoms with Crippen LogP contribution >= 0.6 is 0 Å². The number of nitrogens with zero attached hydrogens (tertiary/aromatic N) is 1. The lowest BCUT2D eigenvalue weighted by atomic mass is 10.2. The molecule has 2 atom stereocenters. The Bertz CT molecular complexity index is 283. The zero-order valence-corrected chi connectivity index (χ0v) is 11.4. The van der Waals surface area contributed by atoms with Crippen molar-refractivity contribution in [2.75, 3.05) is 32.8 Å². The molecule has 2 saturated heterocycles. The number of ether oxygens (including phenoxy) is 1. The van der Waals surface area contributed by atoms with Gasteiger partial charge in [0.25, 0.3) is 0 Å². The second-order valence-electron chi connectivity index (χ2n) is 5.59. The van der Waals surface area contributed by atoms with Crippen molar-refractivity contribution >= 4 is 5.91 Å². The van der Waals surface area contributed by atoms with Crippen molar-refractivity contribution in [1.82, 2.24) is 15.5 Å². The van der Waals surface area contributed by atoms with Crippen molar-refractivity contribution in [3.05, 3.63) is 0 Å². The molecule has 0 aromatic rings. The molecule has 2 rings (SSSR count). The molecule has 18 heavy (non-hydrogen) atoms. The highest BCUT2D eigenvalue weighted by molar-refractivity contribution is 5.78. The molecule has 2 N–H and O–H groups in total. The molecule has 5 nitrogen and oxygen atoms in total. The molecule has 0 bridgehead atoms. The first kappa shape index (κ1) is 13.8. The molecule has 2 aliphatic heterocycles. The summed E-state index contributed by atoms with van der Waals surface area (Å²) < 4.78 is 5.79. The lowest BCUT2D eigenvalue weighted by Crippen LogP contribution is -2.50. The molecule has 0 radical (unpaired) electrons. The standard InChI is InChI=1S/C13H25N3O2/c1-10(2)14-7-13(17)15-6-12-8-16-5-3-4-11(16)9-18-12/h10-12,14H,3-9H2,1-2H3,(H,15,17). The quantitative estimate of drug-likeness (QED) is 0.724. The first-order chi connectivity index (χ1) is 8.65. The molecule has 2 heterocycles. The summed E-state index contributed by atoms with van der Waals surface area (Å²) in [5.74, 6) is 0.0517. The van der Waals surface area contributed by atoms with Crippen LogP contribution in [0.25, 0.3) is 0 Å². The highest BCUT2D eigenvalue weighted by atomic mass is 16.5. The zero-order valence-electron chi connectivity index (χ0n) is 11.4. The number of morpholine rings is 1. The second kappa shape index (κ2) is 6.50. The molecule has 0 aromatic heterocycles. The molecule has 0 aliphatic carbocycles. The molecule has 0 spiro atoms. The Morgan fingerprint density at radius 3 is 3.11 bits per heavy atom. The van der Waals surface area contributed by atoms with E-state index in [1.165, 1.54) is 19.4 Å². The maximum absolute atomic E-state index is 11.6. The van der Waals surface area contributed by atoms with Crippen LogP contribution in [0.5, 0.6) is 0 Å². The minimum absolute atomic E-state index is 0.0517. The van der Waals surface area contributed by atoms with Gasteiger partial charge in [-0.15, -0.1) is 0 Å². The second-order valence-corrected chi connectivity index (χ2v) is 5.59.